The molecule has 1 heterocycles. The van der Waals surface area contributed by atoms with Gasteiger partial charge in [-0.25, -0.2) is 0 Å². The molecule has 1 saturated carbocycles. The summed E-state index contributed by atoms with van der Waals surface area (Å²) in [5.74, 6) is 0. The van der Waals surface area contributed by atoms with Crippen LogP contribution in [0.1, 0.15) is 31.1 Å². The summed E-state index contributed by atoms with van der Waals surface area (Å²) in [5, 5.41) is 5.67. The quantitative estimate of drug-likeness (QED) is 0.701. The Hall–Kier alpha value is -0.380. The van der Waals surface area contributed by atoms with Crippen molar-refractivity contribution < 1.29 is 0 Å². The second-order valence-corrected chi connectivity index (χ2v) is 5.56. The van der Waals surface area contributed by atoms with Crippen LogP contribution in [0.5, 0.6) is 0 Å². The lowest BCUT2D eigenvalue weighted by Gasteiger charge is -2.21. The maximum absolute atomic E-state index is 3.53. The van der Waals surface area contributed by atoms with E-state index >= 15 is 0 Å². The molecule has 0 aromatic carbocycles. The third-order valence-electron chi connectivity index (χ3n) is 3.03. The Bertz CT molecular complexity index is 280. The van der Waals surface area contributed by atoms with E-state index in [0.717, 1.165) is 19.1 Å². The van der Waals surface area contributed by atoms with Crippen LogP contribution in [0.4, 0.5) is 0 Å². The monoisotopic (exact) mass is 238 g/mol. The van der Waals surface area contributed by atoms with Gasteiger partial charge in [0.1, 0.15) is 0 Å². The van der Waals surface area contributed by atoms with Crippen LogP contribution in [0.2, 0.25) is 0 Å². The van der Waals surface area contributed by atoms with E-state index in [1.165, 1.54) is 37.2 Å². The Balaban J connectivity index is 1.59. The summed E-state index contributed by atoms with van der Waals surface area (Å²) in [6.45, 7) is 6.90. The smallest absolute Gasteiger partial charge is 0.0300 e. The van der Waals surface area contributed by atoms with Crippen molar-refractivity contribution in [3.8, 4) is 0 Å². The number of nitrogens with zero attached hydrogens (tertiary/aromatic N) is 1. The third kappa shape index (κ3) is 3.89. The van der Waals surface area contributed by atoms with Crippen LogP contribution in [0.3, 0.4) is 0 Å². The van der Waals surface area contributed by atoms with E-state index in [-0.39, 0.29) is 0 Å². The molecule has 2 rings (SSSR count). The molecule has 1 fully saturated rings. The van der Waals surface area contributed by atoms with Gasteiger partial charge in [-0.15, -0.1) is 11.3 Å². The Kier molecular flexibility index (Phi) is 4.82. The van der Waals surface area contributed by atoms with E-state index < -0.39 is 0 Å². The lowest BCUT2D eigenvalue weighted by molar-refractivity contribution is 0.263. The summed E-state index contributed by atoms with van der Waals surface area (Å²) in [6, 6.07) is 5.22. The molecule has 1 N–H and O–H groups in total. The highest BCUT2D eigenvalue weighted by atomic mass is 32.1. The number of hydrogen-bond acceptors (Lipinski definition) is 3. The SMILES string of the molecule is CCCN(CCNCc1cccs1)C1CC1. The van der Waals surface area contributed by atoms with Gasteiger partial charge in [-0.05, 0) is 37.3 Å². The standard InChI is InChI=1S/C13H22N2S/c1-2-8-15(12-5-6-12)9-7-14-11-13-4-3-10-16-13/h3-4,10,12,14H,2,5-9,11H2,1H3. The minimum absolute atomic E-state index is 0.906. The van der Waals surface area contributed by atoms with Gasteiger partial charge >= 0.3 is 0 Å². The highest BCUT2D eigenvalue weighted by Gasteiger charge is 2.27. The van der Waals surface area contributed by atoms with Crippen LogP contribution in [-0.2, 0) is 6.54 Å². The van der Waals surface area contributed by atoms with Gasteiger partial charge in [0.25, 0.3) is 0 Å². The zero-order valence-corrected chi connectivity index (χ0v) is 10.9. The third-order valence-corrected chi connectivity index (χ3v) is 3.91. The summed E-state index contributed by atoms with van der Waals surface area (Å²) in [6.07, 6.45) is 4.12. The fourth-order valence-electron chi connectivity index (χ4n) is 2.05. The first-order valence-corrected chi connectivity index (χ1v) is 7.25. The van der Waals surface area contributed by atoms with Crippen LogP contribution >= 0.6 is 11.3 Å². The topological polar surface area (TPSA) is 15.3 Å². The van der Waals surface area contributed by atoms with Gasteiger partial charge in [0.2, 0.25) is 0 Å². The van der Waals surface area contributed by atoms with E-state index in [0.29, 0.717) is 0 Å². The molecule has 1 aliphatic rings. The summed E-state index contributed by atoms with van der Waals surface area (Å²) >= 11 is 1.83. The van der Waals surface area contributed by atoms with Crippen molar-refractivity contribution in [1.29, 1.82) is 0 Å². The molecule has 0 atom stereocenters. The molecule has 0 unspecified atom stereocenters. The lowest BCUT2D eigenvalue weighted by Crippen LogP contribution is -2.34. The van der Waals surface area contributed by atoms with Gasteiger partial charge in [-0.1, -0.05) is 13.0 Å². The summed E-state index contributed by atoms with van der Waals surface area (Å²) in [7, 11) is 0. The number of hydrogen-bond donors (Lipinski definition) is 1. The van der Waals surface area contributed by atoms with Crippen molar-refractivity contribution in [3.05, 3.63) is 22.4 Å². The molecule has 0 amide bonds. The zero-order chi connectivity index (χ0) is 11.2. The van der Waals surface area contributed by atoms with Gasteiger partial charge in [-0.3, -0.25) is 4.90 Å². The average Bonchev–Trinajstić information content (AvgIpc) is 3.01. The minimum atomic E-state index is 0.906. The van der Waals surface area contributed by atoms with Crippen LogP contribution in [0, 0.1) is 0 Å². The number of rotatable bonds is 8. The first-order chi connectivity index (χ1) is 7.90. The van der Waals surface area contributed by atoms with Crippen molar-refractivity contribution in [2.24, 2.45) is 0 Å². The van der Waals surface area contributed by atoms with E-state index in [1.807, 2.05) is 11.3 Å². The molecule has 90 valence electrons. The van der Waals surface area contributed by atoms with Crippen LogP contribution in [0.25, 0.3) is 0 Å². The minimum Gasteiger partial charge on any atom is -0.311 e. The molecule has 0 spiro atoms. The second-order valence-electron chi connectivity index (χ2n) is 4.52. The molecular weight excluding hydrogens is 216 g/mol. The van der Waals surface area contributed by atoms with Crippen molar-refractivity contribution in [1.82, 2.24) is 10.2 Å². The second kappa shape index (κ2) is 6.38. The van der Waals surface area contributed by atoms with E-state index in [1.54, 1.807) is 0 Å². The van der Waals surface area contributed by atoms with E-state index in [4.69, 9.17) is 0 Å². The Morgan fingerprint density at radius 2 is 2.31 bits per heavy atom. The van der Waals surface area contributed by atoms with Gasteiger partial charge in [0.05, 0.1) is 0 Å². The van der Waals surface area contributed by atoms with E-state index in [2.05, 4.69) is 34.7 Å². The molecule has 0 bridgehead atoms. The molecule has 0 saturated heterocycles. The van der Waals surface area contributed by atoms with Crippen LogP contribution in [-0.4, -0.2) is 30.6 Å². The highest BCUT2D eigenvalue weighted by Crippen LogP contribution is 2.26. The van der Waals surface area contributed by atoms with Gasteiger partial charge in [0.15, 0.2) is 0 Å². The van der Waals surface area contributed by atoms with Gasteiger partial charge < -0.3 is 5.32 Å². The molecule has 2 nitrogen and oxygen atoms in total. The largest absolute Gasteiger partial charge is 0.311 e. The first kappa shape index (κ1) is 12.1. The van der Waals surface area contributed by atoms with Gasteiger partial charge in [0, 0.05) is 30.6 Å². The molecule has 1 aromatic rings. The predicted molar refractivity (Wildman–Crippen MR) is 70.9 cm³/mol. The first-order valence-electron chi connectivity index (χ1n) is 6.37. The molecular formula is C13H22N2S. The van der Waals surface area contributed by atoms with Gasteiger partial charge in [-0.2, -0.15) is 0 Å². The maximum atomic E-state index is 3.53. The summed E-state index contributed by atoms with van der Waals surface area (Å²) in [4.78, 5) is 4.08. The van der Waals surface area contributed by atoms with Crippen molar-refractivity contribution >= 4 is 11.3 Å². The molecule has 0 aliphatic heterocycles. The highest BCUT2D eigenvalue weighted by molar-refractivity contribution is 7.09. The average molecular weight is 238 g/mol. The summed E-state index contributed by atoms with van der Waals surface area (Å²) < 4.78 is 0. The molecule has 0 radical (unpaired) electrons. The normalized spacial score (nSPS) is 15.9. The molecule has 1 aromatic heterocycles. The fourth-order valence-corrected chi connectivity index (χ4v) is 2.73. The molecule has 3 heteroatoms. The van der Waals surface area contributed by atoms with Crippen LogP contribution < -0.4 is 5.32 Å². The Morgan fingerprint density at radius 3 is 2.94 bits per heavy atom. The van der Waals surface area contributed by atoms with Crippen molar-refractivity contribution in [2.45, 2.75) is 38.8 Å². The lowest BCUT2D eigenvalue weighted by atomic mass is 10.3. The Labute approximate surface area is 103 Å². The van der Waals surface area contributed by atoms with Crippen molar-refractivity contribution in [2.75, 3.05) is 19.6 Å². The zero-order valence-electron chi connectivity index (χ0n) is 10.1. The number of nitrogens with one attached hydrogen (secondary N) is 1. The molecule has 1 aliphatic carbocycles. The summed E-state index contributed by atoms with van der Waals surface area (Å²) in [5.41, 5.74) is 0. The van der Waals surface area contributed by atoms with Crippen LogP contribution in [0.15, 0.2) is 17.5 Å². The Morgan fingerprint density at radius 1 is 1.44 bits per heavy atom. The predicted octanol–water partition coefficient (Wildman–Crippen LogP) is 2.71. The van der Waals surface area contributed by atoms with E-state index in [9.17, 15) is 0 Å². The fraction of sp³-hybridized carbons (Fsp3) is 0.692. The maximum Gasteiger partial charge on any atom is 0.0300 e. The van der Waals surface area contributed by atoms with Crippen molar-refractivity contribution in [3.63, 3.8) is 0 Å². The number of thiophene rings is 1. The molecule has 16 heavy (non-hydrogen) atoms.